The van der Waals surface area contributed by atoms with Crippen LogP contribution in [-0.4, -0.2) is 12.5 Å². The van der Waals surface area contributed by atoms with Crippen LogP contribution in [0.4, 0.5) is 24.5 Å². The van der Waals surface area contributed by atoms with Gasteiger partial charge in [-0.05, 0) is 36.8 Å². The number of anilines is 2. The van der Waals surface area contributed by atoms with Crippen LogP contribution in [0.5, 0.6) is 0 Å². The van der Waals surface area contributed by atoms with Gasteiger partial charge in [-0.2, -0.15) is 0 Å². The topological polar surface area (TPSA) is 41.1 Å². The molecule has 0 bridgehead atoms. The van der Waals surface area contributed by atoms with Gasteiger partial charge in [-0.3, -0.25) is 4.79 Å². The number of rotatable bonds is 4. The van der Waals surface area contributed by atoms with Gasteiger partial charge in [0.1, 0.15) is 0 Å². The number of hydrogen-bond acceptors (Lipinski definition) is 2. The molecule has 0 fully saturated rings. The van der Waals surface area contributed by atoms with Gasteiger partial charge in [0, 0.05) is 5.69 Å². The summed E-state index contributed by atoms with van der Waals surface area (Å²) in [4.78, 5) is 11.7. The van der Waals surface area contributed by atoms with E-state index >= 15 is 0 Å². The van der Waals surface area contributed by atoms with Gasteiger partial charge in [-0.1, -0.05) is 12.1 Å². The lowest BCUT2D eigenvalue weighted by Gasteiger charge is -2.09. The molecule has 0 aliphatic heterocycles. The Labute approximate surface area is 119 Å². The molecule has 110 valence electrons. The first-order chi connectivity index (χ1) is 9.97. The van der Waals surface area contributed by atoms with Gasteiger partial charge in [0.2, 0.25) is 5.91 Å². The molecule has 6 heteroatoms. The standard InChI is InChI=1S/C15H13F3N2O/c1-9-3-2-4-10(7-9)20-13(21)8-19-12-6-5-11(16)14(17)15(12)18/h2-7,19H,8H2,1H3,(H,20,21). The molecule has 2 rings (SSSR count). The van der Waals surface area contributed by atoms with Crippen LogP contribution < -0.4 is 10.6 Å². The van der Waals surface area contributed by atoms with Crippen molar-refractivity contribution in [1.82, 2.24) is 0 Å². The van der Waals surface area contributed by atoms with E-state index in [-0.39, 0.29) is 12.2 Å². The maximum absolute atomic E-state index is 13.4. The molecule has 0 saturated heterocycles. The third-order valence-corrected chi connectivity index (χ3v) is 2.78. The van der Waals surface area contributed by atoms with Crippen LogP contribution in [0.15, 0.2) is 36.4 Å². The van der Waals surface area contributed by atoms with E-state index in [0.717, 1.165) is 17.7 Å². The van der Waals surface area contributed by atoms with Crippen molar-refractivity contribution in [3.05, 3.63) is 59.4 Å². The highest BCUT2D eigenvalue weighted by atomic mass is 19.2. The minimum atomic E-state index is -1.57. The van der Waals surface area contributed by atoms with Gasteiger partial charge < -0.3 is 10.6 Å². The zero-order valence-electron chi connectivity index (χ0n) is 11.2. The van der Waals surface area contributed by atoms with Crippen molar-refractivity contribution in [1.29, 1.82) is 0 Å². The van der Waals surface area contributed by atoms with Gasteiger partial charge >= 0.3 is 0 Å². The first-order valence-electron chi connectivity index (χ1n) is 6.21. The smallest absolute Gasteiger partial charge is 0.243 e. The number of benzene rings is 2. The fourth-order valence-electron chi connectivity index (χ4n) is 1.77. The van der Waals surface area contributed by atoms with Crippen LogP contribution in [0.3, 0.4) is 0 Å². The Morgan fingerprint density at radius 2 is 1.86 bits per heavy atom. The van der Waals surface area contributed by atoms with Gasteiger partial charge in [0.05, 0.1) is 12.2 Å². The Morgan fingerprint density at radius 1 is 1.10 bits per heavy atom. The average molecular weight is 294 g/mol. The first-order valence-corrected chi connectivity index (χ1v) is 6.21. The molecule has 0 unspecified atom stereocenters. The number of carbonyl (C=O) groups is 1. The van der Waals surface area contributed by atoms with Crippen LogP contribution in [-0.2, 0) is 4.79 Å². The molecule has 0 radical (unpaired) electrons. The predicted molar refractivity (Wildman–Crippen MR) is 74.6 cm³/mol. The lowest BCUT2D eigenvalue weighted by molar-refractivity contribution is -0.114. The maximum Gasteiger partial charge on any atom is 0.243 e. The SMILES string of the molecule is Cc1cccc(NC(=O)CNc2ccc(F)c(F)c2F)c1. The van der Waals surface area contributed by atoms with Gasteiger partial charge in [-0.25, -0.2) is 13.2 Å². The number of amides is 1. The van der Waals surface area contributed by atoms with E-state index in [0.29, 0.717) is 5.69 Å². The molecule has 21 heavy (non-hydrogen) atoms. The minimum absolute atomic E-state index is 0.268. The van der Waals surface area contributed by atoms with E-state index in [4.69, 9.17) is 0 Å². The monoisotopic (exact) mass is 294 g/mol. The van der Waals surface area contributed by atoms with E-state index in [9.17, 15) is 18.0 Å². The molecule has 0 atom stereocenters. The summed E-state index contributed by atoms with van der Waals surface area (Å²) in [6.07, 6.45) is 0. The van der Waals surface area contributed by atoms with Crippen molar-refractivity contribution >= 4 is 17.3 Å². The first kappa shape index (κ1) is 14.9. The normalized spacial score (nSPS) is 10.3. The summed E-state index contributed by atoms with van der Waals surface area (Å²) in [5.41, 5.74) is 1.31. The molecule has 1 amide bonds. The molecule has 3 nitrogen and oxygen atoms in total. The van der Waals surface area contributed by atoms with Crippen LogP contribution in [0.2, 0.25) is 0 Å². The van der Waals surface area contributed by atoms with Gasteiger partial charge in [0.15, 0.2) is 17.5 Å². The number of carbonyl (C=O) groups excluding carboxylic acids is 1. The molecular weight excluding hydrogens is 281 g/mol. The third kappa shape index (κ3) is 3.75. The highest BCUT2D eigenvalue weighted by molar-refractivity contribution is 5.93. The maximum atomic E-state index is 13.4. The molecule has 0 aliphatic rings. The average Bonchev–Trinajstić information content (AvgIpc) is 2.44. The predicted octanol–water partition coefficient (Wildman–Crippen LogP) is 3.46. The minimum Gasteiger partial charge on any atom is -0.374 e. The fourth-order valence-corrected chi connectivity index (χ4v) is 1.77. The van der Waals surface area contributed by atoms with Crippen LogP contribution in [0.1, 0.15) is 5.56 Å². The lowest BCUT2D eigenvalue weighted by atomic mass is 10.2. The largest absolute Gasteiger partial charge is 0.374 e. The summed E-state index contributed by atoms with van der Waals surface area (Å²) < 4.78 is 39.2. The summed E-state index contributed by atoms with van der Waals surface area (Å²) in [7, 11) is 0. The fraction of sp³-hybridized carbons (Fsp3) is 0.133. The van der Waals surface area contributed by atoms with Crippen molar-refractivity contribution in [3.8, 4) is 0 Å². The van der Waals surface area contributed by atoms with Gasteiger partial charge in [-0.15, -0.1) is 0 Å². The van der Waals surface area contributed by atoms with Crippen LogP contribution in [0, 0.1) is 24.4 Å². The second-order valence-electron chi connectivity index (χ2n) is 4.49. The number of hydrogen-bond donors (Lipinski definition) is 2. The summed E-state index contributed by atoms with van der Waals surface area (Å²) in [6.45, 7) is 1.61. The Balaban J connectivity index is 1.97. The summed E-state index contributed by atoms with van der Waals surface area (Å²) in [6, 6.07) is 8.98. The van der Waals surface area contributed by atoms with Crippen molar-refractivity contribution in [2.24, 2.45) is 0 Å². The molecule has 2 aromatic rings. The Morgan fingerprint density at radius 3 is 2.57 bits per heavy atom. The second kappa shape index (κ2) is 6.30. The van der Waals surface area contributed by atoms with Crippen LogP contribution in [0.25, 0.3) is 0 Å². The molecule has 0 aromatic heterocycles. The van der Waals surface area contributed by atoms with E-state index in [1.807, 2.05) is 13.0 Å². The molecule has 2 aromatic carbocycles. The lowest BCUT2D eigenvalue weighted by Crippen LogP contribution is -2.22. The summed E-state index contributed by atoms with van der Waals surface area (Å²) in [5.74, 6) is -4.62. The zero-order chi connectivity index (χ0) is 15.4. The van der Waals surface area contributed by atoms with Crippen molar-refractivity contribution < 1.29 is 18.0 Å². The van der Waals surface area contributed by atoms with Crippen molar-refractivity contribution in [2.75, 3.05) is 17.2 Å². The van der Waals surface area contributed by atoms with Gasteiger partial charge in [0.25, 0.3) is 0 Å². The highest BCUT2D eigenvalue weighted by Gasteiger charge is 2.13. The number of aryl methyl sites for hydroxylation is 1. The third-order valence-electron chi connectivity index (χ3n) is 2.78. The summed E-state index contributed by atoms with van der Waals surface area (Å²) >= 11 is 0. The molecule has 0 saturated carbocycles. The van der Waals surface area contributed by atoms with Crippen LogP contribution >= 0.6 is 0 Å². The van der Waals surface area contributed by atoms with Crippen molar-refractivity contribution in [3.63, 3.8) is 0 Å². The highest BCUT2D eigenvalue weighted by Crippen LogP contribution is 2.19. The number of nitrogens with one attached hydrogen (secondary N) is 2. The van der Waals surface area contributed by atoms with Crippen molar-refractivity contribution in [2.45, 2.75) is 6.92 Å². The Kier molecular flexibility index (Phi) is 4.47. The van der Waals surface area contributed by atoms with E-state index in [2.05, 4.69) is 10.6 Å². The van der Waals surface area contributed by atoms with E-state index in [1.54, 1.807) is 18.2 Å². The molecule has 0 heterocycles. The zero-order valence-corrected chi connectivity index (χ0v) is 11.2. The van der Waals surface area contributed by atoms with E-state index in [1.165, 1.54) is 0 Å². The van der Waals surface area contributed by atoms with E-state index < -0.39 is 23.4 Å². The Bertz CT molecular complexity index is 674. The molecule has 0 aliphatic carbocycles. The molecule has 2 N–H and O–H groups in total. The molecule has 0 spiro atoms. The summed E-state index contributed by atoms with van der Waals surface area (Å²) in [5, 5.41) is 5.03. The quantitative estimate of drug-likeness (QED) is 0.848. The molecular formula is C15H13F3N2O. The number of halogens is 3. The second-order valence-corrected chi connectivity index (χ2v) is 4.49. The Hall–Kier alpha value is -2.50.